The predicted octanol–water partition coefficient (Wildman–Crippen LogP) is 2.94. The van der Waals surface area contributed by atoms with Crippen LogP contribution in [0.5, 0.6) is 0 Å². The minimum Gasteiger partial charge on any atom is -0.381 e. The number of sulfone groups is 1. The Labute approximate surface area is 165 Å². The average Bonchev–Trinajstić information content (AvgIpc) is 3.25. The molecule has 0 atom stereocenters. The zero-order chi connectivity index (χ0) is 19.6. The van der Waals surface area contributed by atoms with Crippen LogP contribution in [0.25, 0.3) is 5.57 Å². The van der Waals surface area contributed by atoms with Crippen molar-refractivity contribution in [3.05, 3.63) is 72.3 Å². The molecule has 0 unspecified atom stereocenters. The fraction of sp³-hybridized carbons (Fsp3) is 0.318. The van der Waals surface area contributed by atoms with Crippen LogP contribution in [0.1, 0.15) is 18.4 Å². The summed E-state index contributed by atoms with van der Waals surface area (Å²) in [4.78, 5) is 15.4. The Hall–Kier alpha value is -2.44. The second-order valence-corrected chi connectivity index (χ2v) is 9.46. The van der Waals surface area contributed by atoms with Crippen molar-refractivity contribution >= 4 is 21.3 Å². The first-order valence-corrected chi connectivity index (χ1v) is 10.9. The van der Waals surface area contributed by atoms with Crippen LogP contribution in [0.4, 0.5) is 0 Å². The van der Waals surface area contributed by atoms with Gasteiger partial charge in [-0.15, -0.1) is 0 Å². The summed E-state index contributed by atoms with van der Waals surface area (Å²) in [6, 6.07) is 18.2. The van der Waals surface area contributed by atoms with E-state index in [2.05, 4.69) is 0 Å². The summed E-state index contributed by atoms with van der Waals surface area (Å²) in [7, 11) is -3.84. The number of carbonyl (C=O) groups excluding carboxylic acids is 1. The molecule has 6 heteroatoms. The van der Waals surface area contributed by atoms with Crippen molar-refractivity contribution in [2.45, 2.75) is 22.5 Å². The summed E-state index contributed by atoms with van der Waals surface area (Å²) in [5.74, 6) is -0.318. The number of rotatable bonds is 4. The van der Waals surface area contributed by atoms with Crippen LogP contribution in [0, 0.1) is 0 Å². The van der Waals surface area contributed by atoms with Gasteiger partial charge in [0.1, 0.15) is 0 Å². The van der Waals surface area contributed by atoms with Gasteiger partial charge in [0.2, 0.25) is 5.91 Å². The topological polar surface area (TPSA) is 63.7 Å². The molecule has 1 saturated heterocycles. The van der Waals surface area contributed by atoms with E-state index in [0.29, 0.717) is 13.1 Å². The average molecular weight is 397 g/mol. The number of hydrogen-bond acceptors (Lipinski definition) is 4. The van der Waals surface area contributed by atoms with Gasteiger partial charge in [0.25, 0.3) is 0 Å². The van der Waals surface area contributed by atoms with Crippen molar-refractivity contribution < 1.29 is 17.9 Å². The lowest BCUT2D eigenvalue weighted by Gasteiger charge is -2.38. The maximum absolute atomic E-state index is 13.6. The maximum Gasteiger partial charge on any atom is 0.245 e. The van der Waals surface area contributed by atoms with Gasteiger partial charge in [-0.25, -0.2) is 8.42 Å². The van der Waals surface area contributed by atoms with E-state index in [-0.39, 0.29) is 36.9 Å². The van der Waals surface area contributed by atoms with E-state index in [1.165, 1.54) is 0 Å². The molecule has 2 aliphatic heterocycles. The number of benzene rings is 2. The Morgan fingerprint density at radius 3 is 2.18 bits per heavy atom. The van der Waals surface area contributed by atoms with Crippen LogP contribution < -0.4 is 0 Å². The van der Waals surface area contributed by atoms with Gasteiger partial charge in [-0.05, 0) is 36.1 Å². The largest absolute Gasteiger partial charge is 0.381 e. The van der Waals surface area contributed by atoms with Gasteiger partial charge in [0.05, 0.1) is 4.90 Å². The summed E-state index contributed by atoms with van der Waals surface area (Å²) in [6.45, 7) is 1.39. The molecule has 2 aliphatic rings. The first kappa shape index (κ1) is 18.9. The molecule has 0 aliphatic carbocycles. The van der Waals surface area contributed by atoms with E-state index < -0.39 is 14.6 Å². The van der Waals surface area contributed by atoms with Crippen molar-refractivity contribution in [1.29, 1.82) is 0 Å². The summed E-state index contributed by atoms with van der Waals surface area (Å²) < 4.78 is 31.0. The quantitative estimate of drug-likeness (QED) is 0.796. The predicted molar refractivity (Wildman–Crippen MR) is 107 cm³/mol. The third-order valence-electron chi connectivity index (χ3n) is 5.61. The minimum atomic E-state index is -3.84. The molecule has 2 aromatic rings. The van der Waals surface area contributed by atoms with Crippen molar-refractivity contribution in [2.75, 3.05) is 26.3 Å². The fourth-order valence-corrected chi connectivity index (χ4v) is 6.01. The zero-order valence-corrected chi connectivity index (χ0v) is 16.4. The number of ether oxygens (including phenoxy) is 1. The number of hydrogen-bond donors (Lipinski definition) is 0. The van der Waals surface area contributed by atoms with Gasteiger partial charge in [-0.3, -0.25) is 4.79 Å². The molecular formula is C22H23NO4S. The van der Waals surface area contributed by atoms with Crippen LogP contribution in [-0.4, -0.2) is 50.3 Å². The van der Waals surface area contributed by atoms with E-state index in [9.17, 15) is 13.2 Å². The lowest BCUT2D eigenvalue weighted by atomic mass is 9.97. The van der Waals surface area contributed by atoms with E-state index in [1.807, 2.05) is 36.4 Å². The maximum atomic E-state index is 13.6. The van der Waals surface area contributed by atoms with Crippen LogP contribution in [-0.2, 0) is 19.4 Å². The molecule has 0 bridgehead atoms. The highest BCUT2D eigenvalue weighted by molar-refractivity contribution is 7.93. The molecule has 1 amide bonds. The molecule has 0 spiro atoms. The zero-order valence-electron chi connectivity index (χ0n) is 15.6. The molecule has 2 heterocycles. The van der Waals surface area contributed by atoms with Gasteiger partial charge in [-0.2, -0.15) is 0 Å². The molecule has 0 N–H and O–H groups in total. The van der Waals surface area contributed by atoms with Crippen molar-refractivity contribution in [3.63, 3.8) is 0 Å². The molecule has 0 aromatic heterocycles. The highest BCUT2D eigenvalue weighted by Crippen LogP contribution is 2.38. The Morgan fingerprint density at radius 1 is 0.929 bits per heavy atom. The fourth-order valence-electron chi connectivity index (χ4n) is 3.98. The van der Waals surface area contributed by atoms with E-state index in [4.69, 9.17) is 4.74 Å². The first-order valence-electron chi connectivity index (χ1n) is 9.46. The molecule has 5 nitrogen and oxygen atoms in total. The molecule has 0 saturated carbocycles. The normalized spacial score (nSPS) is 19.3. The van der Waals surface area contributed by atoms with E-state index in [0.717, 1.165) is 11.1 Å². The van der Waals surface area contributed by atoms with Gasteiger partial charge >= 0.3 is 0 Å². The lowest BCUT2D eigenvalue weighted by molar-refractivity contribution is -0.135. The molecule has 4 rings (SSSR count). The summed E-state index contributed by atoms with van der Waals surface area (Å²) in [5, 5.41) is 0. The second-order valence-electron chi connectivity index (χ2n) is 7.20. The standard InChI is InChI=1S/C22H23NO4S/c24-21(23-14-11-19(17-23)18-7-3-1-4-8-18)22(12-15-27-16-13-22)28(25,26)20-9-5-2-6-10-20/h1-11H,12-17H2. The van der Waals surface area contributed by atoms with Crippen LogP contribution >= 0.6 is 0 Å². The highest BCUT2D eigenvalue weighted by atomic mass is 32.2. The smallest absolute Gasteiger partial charge is 0.245 e. The van der Waals surface area contributed by atoms with E-state index in [1.54, 1.807) is 35.2 Å². The molecule has 2 aromatic carbocycles. The molecule has 28 heavy (non-hydrogen) atoms. The summed E-state index contributed by atoms with van der Waals surface area (Å²) in [6.07, 6.45) is 2.37. The van der Waals surface area contributed by atoms with Crippen molar-refractivity contribution in [1.82, 2.24) is 4.90 Å². The van der Waals surface area contributed by atoms with Crippen molar-refractivity contribution in [2.24, 2.45) is 0 Å². The Kier molecular flexibility index (Phi) is 5.08. The first-order chi connectivity index (χ1) is 13.5. The molecular weight excluding hydrogens is 374 g/mol. The molecule has 146 valence electrons. The number of nitrogens with zero attached hydrogens (tertiary/aromatic N) is 1. The second kappa shape index (κ2) is 7.53. The monoisotopic (exact) mass is 397 g/mol. The number of carbonyl (C=O) groups is 1. The van der Waals surface area contributed by atoms with Crippen LogP contribution in [0.15, 0.2) is 71.6 Å². The molecule has 1 fully saturated rings. The Morgan fingerprint density at radius 2 is 1.54 bits per heavy atom. The summed E-state index contributed by atoms with van der Waals surface area (Å²) in [5.41, 5.74) is 2.11. The Bertz CT molecular complexity index is 978. The minimum absolute atomic E-state index is 0.181. The highest BCUT2D eigenvalue weighted by Gasteiger charge is 2.54. The number of amides is 1. The van der Waals surface area contributed by atoms with Crippen LogP contribution in [0.3, 0.4) is 0 Å². The van der Waals surface area contributed by atoms with Crippen LogP contribution in [0.2, 0.25) is 0 Å². The van der Waals surface area contributed by atoms with Gasteiger partial charge < -0.3 is 9.64 Å². The summed E-state index contributed by atoms with van der Waals surface area (Å²) >= 11 is 0. The van der Waals surface area contributed by atoms with E-state index >= 15 is 0 Å². The van der Waals surface area contributed by atoms with Gasteiger partial charge in [0.15, 0.2) is 14.6 Å². The third-order valence-corrected chi connectivity index (χ3v) is 8.11. The Balaban J connectivity index is 1.65. The van der Waals surface area contributed by atoms with Gasteiger partial charge in [-0.1, -0.05) is 54.6 Å². The van der Waals surface area contributed by atoms with Gasteiger partial charge in [0, 0.05) is 26.3 Å². The lowest BCUT2D eigenvalue weighted by Crippen LogP contribution is -2.56. The molecule has 0 radical (unpaired) electrons. The van der Waals surface area contributed by atoms with Crippen molar-refractivity contribution in [3.8, 4) is 0 Å². The third kappa shape index (κ3) is 3.16. The SMILES string of the molecule is O=C(N1CC=C(c2ccccc2)C1)C1(S(=O)(=O)c2ccccc2)CCOCC1.